The summed E-state index contributed by atoms with van der Waals surface area (Å²) in [6.07, 6.45) is 7.53. The normalized spacial score (nSPS) is 14.1. The average molecular weight is 275 g/mol. The lowest BCUT2D eigenvalue weighted by Crippen LogP contribution is -2.66. The lowest BCUT2D eigenvalue weighted by atomic mass is 10.1. The fourth-order valence-electron chi connectivity index (χ4n) is 2.86. The largest absolute Gasteiger partial charge is 0.397 e. The van der Waals surface area contributed by atoms with Crippen molar-refractivity contribution in [3.63, 3.8) is 0 Å². The van der Waals surface area contributed by atoms with Crippen LogP contribution in [-0.4, -0.2) is 26.1 Å². The average Bonchev–Trinajstić information content (AvgIpc) is 2.13. The first-order valence-corrected chi connectivity index (χ1v) is 14.3. The van der Waals surface area contributed by atoms with E-state index in [4.69, 9.17) is 0 Å². The van der Waals surface area contributed by atoms with E-state index in [1.165, 1.54) is 32.1 Å². The summed E-state index contributed by atoms with van der Waals surface area (Å²) < 4.78 is 0. The van der Waals surface area contributed by atoms with Gasteiger partial charge < -0.3 is 5.11 Å². The molecule has 0 amide bonds. The van der Waals surface area contributed by atoms with Gasteiger partial charge in [-0.05, 0) is 6.42 Å². The maximum Gasteiger partial charge on any atom is 0.0779 e. The molecule has 0 unspecified atom stereocenters. The molecule has 0 aliphatic heterocycles. The Labute approximate surface area is 111 Å². The van der Waals surface area contributed by atoms with Crippen LogP contribution in [0.2, 0.25) is 39.3 Å². The SMILES string of the molecule is CCCCCCCC(O)([Si](C)(C)C)[Si](C)(C)C. The van der Waals surface area contributed by atoms with Crippen molar-refractivity contribution in [3.8, 4) is 0 Å². The summed E-state index contributed by atoms with van der Waals surface area (Å²) in [7, 11) is -3.00. The molecule has 0 aromatic heterocycles. The van der Waals surface area contributed by atoms with Crippen LogP contribution in [0, 0.1) is 0 Å². The number of rotatable bonds is 8. The Morgan fingerprint density at radius 2 is 1.18 bits per heavy atom. The van der Waals surface area contributed by atoms with Gasteiger partial charge in [-0.3, -0.25) is 0 Å². The molecule has 0 saturated carbocycles. The first kappa shape index (κ1) is 17.4. The van der Waals surface area contributed by atoms with Crippen LogP contribution >= 0.6 is 0 Å². The van der Waals surface area contributed by atoms with Crippen LogP contribution in [-0.2, 0) is 0 Å². The fourth-order valence-corrected chi connectivity index (χ4v) is 13.7. The van der Waals surface area contributed by atoms with Gasteiger partial charge in [0.15, 0.2) is 0 Å². The lowest BCUT2D eigenvalue weighted by Gasteiger charge is -2.48. The maximum atomic E-state index is 11.2. The van der Waals surface area contributed by atoms with Gasteiger partial charge in [0.25, 0.3) is 0 Å². The van der Waals surface area contributed by atoms with Crippen LogP contribution in [0.15, 0.2) is 0 Å². The molecule has 0 heterocycles. The van der Waals surface area contributed by atoms with Crippen LogP contribution in [0.4, 0.5) is 0 Å². The molecule has 0 radical (unpaired) electrons. The van der Waals surface area contributed by atoms with Crippen molar-refractivity contribution in [3.05, 3.63) is 0 Å². The van der Waals surface area contributed by atoms with Crippen molar-refractivity contribution < 1.29 is 5.11 Å². The number of aliphatic hydroxyl groups is 1. The van der Waals surface area contributed by atoms with Gasteiger partial charge in [-0.15, -0.1) is 0 Å². The first-order chi connectivity index (χ1) is 7.56. The van der Waals surface area contributed by atoms with E-state index in [0.717, 1.165) is 6.42 Å². The third kappa shape index (κ3) is 4.88. The molecule has 0 rings (SSSR count). The molecular weight excluding hydrogens is 240 g/mol. The number of hydrogen-bond acceptors (Lipinski definition) is 1. The molecule has 17 heavy (non-hydrogen) atoms. The van der Waals surface area contributed by atoms with Crippen LogP contribution < -0.4 is 0 Å². The zero-order chi connectivity index (χ0) is 13.7. The second-order valence-corrected chi connectivity index (χ2v) is 18.7. The Hall–Kier alpha value is 0.394. The molecule has 0 saturated heterocycles. The van der Waals surface area contributed by atoms with E-state index in [0.29, 0.717) is 0 Å². The highest BCUT2D eigenvalue weighted by molar-refractivity contribution is 6.98. The highest BCUT2D eigenvalue weighted by atomic mass is 28.4. The van der Waals surface area contributed by atoms with Crippen molar-refractivity contribution in [2.75, 3.05) is 0 Å². The molecule has 0 aromatic carbocycles. The minimum absolute atomic E-state index is 0.299. The van der Waals surface area contributed by atoms with Gasteiger partial charge >= 0.3 is 0 Å². The van der Waals surface area contributed by atoms with E-state index in [-0.39, 0.29) is 4.85 Å². The van der Waals surface area contributed by atoms with Crippen molar-refractivity contribution >= 4 is 16.1 Å². The van der Waals surface area contributed by atoms with E-state index in [1.807, 2.05) is 0 Å². The fraction of sp³-hybridized carbons (Fsp3) is 1.00. The van der Waals surface area contributed by atoms with Gasteiger partial charge in [0.05, 0.1) is 16.1 Å². The van der Waals surface area contributed by atoms with Gasteiger partial charge in [-0.25, -0.2) is 0 Å². The molecule has 3 heteroatoms. The van der Waals surface area contributed by atoms with Gasteiger partial charge in [0.2, 0.25) is 0 Å². The molecular formula is C14H34OSi2. The van der Waals surface area contributed by atoms with Gasteiger partial charge in [0.1, 0.15) is 0 Å². The summed E-state index contributed by atoms with van der Waals surface area (Å²) in [6.45, 7) is 16.2. The van der Waals surface area contributed by atoms with Gasteiger partial charge in [-0.2, -0.15) is 0 Å². The van der Waals surface area contributed by atoms with Crippen molar-refractivity contribution in [2.24, 2.45) is 0 Å². The van der Waals surface area contributed by atoms with Crippen molar-refractivity contribution in [2.45, 2.75) is 89.6 Å². The summed E-state index contributed by atoms with van der Waals surface area (Å²) >= 11 is 0. The summed E-state index contributed by atoms with van der Waals surface area (Å²) in [4.78, 5) is -0.299. The Bertz CT molecular complexity index is 199. The van der Waals surface area contributed by atoms with E-state index in [9.17, 15) is 5.11 Å². The zero-order valence-corrected chi connectivity index (χ0v) is 15.2. The predicted octanol–water partition coefficient (Wildman–Crippen LogP) is 4.83. The summed E-state index contributed by atoms with van der Waals surface area (Å²) in [5, 5.41) is 11.2. The molecule has 0 bridgehead atoms. The van der Waals surface area contributed by atoms with Crippen molar-refractivity contribution in [1.82, 2.24) is 0 Å². The Morgan fingerprint density at radius 3 is 1.53 bits per heavy atom. The minimum atomic E-state index is -1.50. The third-order valence-corrected chi connectivity index (χ3v) is 14.1. The van der Waals surface area contributed by atoms with Gasteiger partial charge in [0, 0.05) is 4.85 Å². The Morgan fingerprint density at radius 1 is 0.765 bits per heavy atom. The Balaban J connectivity index is 4.44. The molecule has 0 atom stereocenters. The Kier molecular flexibility index (Phi) is 6.68. The highest BCUT2D eigenvalue weighted by Gasteiger charge is 2.50. The minimum Gasteiger partial charge on any atom is -0.397 e. The number of unbranched alkanes of at least 4 members (excludes halogenated alkanes) is 4. The second kappa shape index (κ2) is 6.53. The van der Waals surface area contributed by atoms with Gasteiger partial charge in [-0.1, -0.05) is 78.3 Å². The first-order valence-electron chi connectivity index (χ1n) is 7.28. The topological polar surface area (TPSA) is 20.2 Å². The summed E-state index contributed by atoms with van der Waals surface area (Å²) in [5.74, 6) is 0. The maximum absolute atomic E-state index is 11.2. The van der Waals surface area contributed by atoms with Crippen molar-refractivity contribution in [1.29, 1.82) is 0 Å². The standard InChI is InChI=1S/C14H34OSi2/c1-8-9-10-11-12-13-14(15,16(2,3)4)17(5,6)7/h15H,8-13H2,1-7H3. The highest BCUT2D eigenvalue weighted by Crippen LogP contribution is 2.35. The summed E-state index contributed by atoms with van der Waals surface area (Å²) in [6, 6.07) is 0. The number of hydrogen-bond donors (Lipinski definition) is 1. The molecule has 0 aliphatic carbocycles. The van der Waals surface area contributed by atoms with Crippen LogP contribution in [0.1, 0.15) is 45.4 Å². The van der Waals surface area contributed by atoms with Crippen LogP contribution in [0.5, 0.6) is 0 Å². The van der Waals surface area contributed by atoms with Crippen LogP contribution in [0.25, 0.3) is 0 Å². The molecule has 0 aromatic rings. The molecule has 0 fully saturated rings. The predicted molar refractivity (Wildman–Crippen MR) is 85.0 cm³/mol. The van der Waals surface area contributed by atoms with E-state index in [1.54, 1.807) is 0 Å². The molecule has 1 nitrogen and oxygen atoms in total. The van der Waals surface area contributed by atoms with E-state index < -0.39 is 16.1 Å². The summed E-state index contributed by atoms with van der Waals surface area (Å²) in [5.41, 5.74) is 0. The van der Waals surface area contributed by atoms with Crippen LogP contribution in [0.3, 0.4) is 0 Å². The quantitative estimate of drug-likeness (QED) is 0.496. The monoisotopic (exact) mass is 274 g/mol. The molecule has 0 aliphatic rings. The zero-order valence-electron chi connectivity index (χ0n) is 13.2. The van der Waals surface area contributed by atoms with E-state index >= 15 is 0 Å². The second-order valence-electron chi connectivity index (χ2n) is 7.52. The molecule has 0 spiro atoms. The lowest BCUT2D eigenvalue weighted by molar-refractivity contribution is 0.173. The van der Waals surface area contributed by atoms with E-state index in [2.05, 4.69) is 46.2 Å². The third-order valence-electron chi connectivity index (χ3n) is 4.12. The molecule has 1 N–H and O–H groups in total. The smallest absolute Gasteiger partial charge is 0.0779 e. The molecule has 104 valence electrons.